The average Bonchev–Trinajstić information content (AvgIpc) is 2.78. The molecule has 0 fully saturated rings. The first-order chi connectivity index (χ1) is 9.54. The average molecular weight is 292 g/mol. The molecule has 0 aliphatic heterocycles. The van der Waals surface area contributed by atoms with Gasteiger partial charge < -0.3 is 4.90 Å². The second kappa shape index (κ2) is 6.09. The minimum atomic E-state index is -0.0405. The number of amides is 1. The van der Waals surface area contributed by atoms with E-state index >= 15 is 0 Å². The molecule has 106 valence electrons. The molecule has 1 unspecified atom stereocenters. The number of halogens is 1. The van der Waals surface area contributed by atoms with Gasteiger partial charge in [0, 0.05) is 25.4 Å². The van der Waals surface area contributed by atoms with E-state index in [2.05, 4.69) is 11.9 Å². The maximum absolute atomic E-state index is 12.1. The van der Waals surface area contributed by atoms with E-state index in [0.717, 1.165) is 12.1 Å². The van der Waals surface area contributed by atoms with E-state index in [9.17, 15) is 4.79 Å². The fourth-order valence-corrected chi connectivity index (χ4v) is 2.13. The summed E-state index contributed by atoms with van der Waals surface area (Å²) in [5.41, 5.74) is 1.48. The fraction of sp³-hybridized carbons (Fsp3) is 0.333. The van der Waals surface area contributed by atoms with Crippen molar-refractivity contribution < 1.29 is 4.79 Å². The summed E-state index contributed by atoms with van der Waals surface area (Å²) in [5, 5.41) is 0.395. The second-order valence-corrected chi connectivity index (χ2v) is 5.11. The van der Waals surface area contributed by atoms with E-state index < -0.39 is 0 Å². The molecule has 2 rings (SSSR count). The molecule has 0 aliphatic rings. The van der Waals surface area contributed by atoms with Crippen LogP contribution in [0.3, 0.4) is 0 Å². The minimum Gasteiger partial charge on any atom is -0.340 e. The maximum Gasteiger partial charge on any atom is 0.246 e. The topological polar surface area (TPSA) is 37.6 Å². The summed E-state index contributed by atoms with van der Waals surface area (Å²) in [6.45, 7) is 4.08. The molecular formula is C15H18ClN3O. The van der Waals surface area contributed by atoms with Crippen LogP contribution in [0.25, 0.3) is 11.7 Å². The highest BCUT2D eigenvalue weighted by Crippen LogP contribution is 2.19. The van der Waals surface area contributed by atoms with Crippen molar-refractivity contribution in [1.82, 2.24) is 14.3 Å². The summed E-state index contributed by atoms with van der Waals surface area (Å²) in [6, 6.07) is 5.88. The molecule has 0 saturated heterocycles. The van der Waals surface area contributed by atoms with Crippen molar-refractivity contribution in [1.29, 1.82) is 0 Å². The zero-order valence-electron chi connectivity index (χ0n) is 11.9. The van der Waals surface area contributed by atoms with E-state index in [0.29, 0.717) is 10.8 Å². The van der Waals surface area contributed by atoms with Gasteiger partial charge >= 0.3 is 0 Å². The van der Waals surface area contributed by atoms with Crippen LogP contribution in [-0.2, 0) is 4.79 Å². The lowest BCUT2D eigenvalue weighted by molar-refractivity contribution is -0.126. The Morgan fingerprint density at radius 1 is 1.55 bits per heavy atom. The SMILES string of the molecule is CCC(C)N(C)C(=O)/C=C/c1c(Cl)nc2ccccn12. The number of rotatable bonds is 4. The highest BCUT2D eigenvalue weighted by Gasteiger charge is 2.12. The van der Waals surface area contributed by atoms with Gasteiger partial charge in [-0.15, -0.1) is 0 Å². The predicted octanol–water partition coefficient (Wildman–Crippen LogP) is 3.26. The monoisotopic (exact) mass is 291 g/mol. The Morgan fingerprint density at radius 3 is 3.00 bits per heavy atom. The van der Waals surface area contributed by atoms with Gasteiger partial charge in [0.05, 0.1) is 5.69 Å². The molecule has 0 radical (unpaired) electrons. The smallest absolute Gasteiger partial charge is 0.246 e. The number of carbonyl (C=O) groups is 1. The van der Waals surface area contributed by atoms with Gasteiger partial charge in [0.1, 0.15) is 5.65 Å². The Labute approximate surface area is 123 Å². The fourth-order valence-electron chi connectivity index (χ4n) is 1.89. The number of carbonyl (C=O) groups excluding carboxylic acids is 1. The predicted molar refractivity (Wildman–Crippen MR) is 81.8 cm³/mol. The van der Waals surface area contributed by atoms with Gasteiger partial charge in [-0.25, -0.2) is 4.98 Å². The molecule has 2 heterocycles. The number of aromatic nitrogens is 2. The summed E-state index contributed by atoms with van der Waals surface area (Å²) < 4.78 is 1.86. The summed E-state index contributed by atoms with van der Waals surface area (Å²) in [5.74, 6) is -0.0405. The zero-order chi connectivity index (χ0) is 14.7. The molecule has 5 heteroatoms. The van der Waals surface area contributed by atoms with Gasteiger partial charge in [-0.3, -0.25) is 9.20 Å². The third kappa shape index (κ3) is 2.85. The Bertz CT molecular complexity index is 648. The lowest BCUT2D eigenvalue weighted by Gasteiger charge is -2.22. The van der Waals surface area contributed by atoms with Crippen molar-refractivity contribution in [2.24, 2.45) is 0 Å². The number of imidazole rings is 1. The first-order valence-electron chi connectivity index (χ1n) is 6.62. The van der Waals surface area contributed by atoms with Gasteiger partial charge in [-0.2, -0.15) is 0 Å². The standard InChI is InChI=1S/C15H18ClN3O/c1-4-11(2)18(3)14(20)9-8-12-15(16)17-13-7-5-6-10-19(12)13/h5-11H,4H2,1-3H3/b9-8+. The Balaban J connectivity index is 2.26. The lowest BCUT2D eigenvalue weighted by Crippen LogP contribution is -2.33. The normalized spacial score (nSPS) is 13.0. The molecule has 0 spiro atoms. The molecule has 2 aromatic rings. The lowest BCUT2D eigenvalue weighted by atomic mass is 10.2. The van der Waals surface area contributed by atoms with Gasteiger partial charge in [0.25, 0.3) is 0 Å². The van der Waals surface area contributed by atoms with Crippen molar-refractivity contribution in [2.45, 2.75) is 26.3 Å². The third-order valence-electron chi connectivity index (χ3n) is 3.51. The molecule has 2 aromatic heterocycles. The molecule has 0 aromatic carbocycles. The van der Waals surface area contributed by atoms with Crippen LogP contribution in [0.2, 0.25) is 5.15 Å². The van der Waals surface area contributed by atoms with E-state index in [4.69, 9.17) is 11.6 Å². The zero-order valence-corrected chi connectivity index (χ0v) is 12.6. The number of likely N-dealkylation sites (N-methyl/N-ethyl adjacent to an activating group) is 1. The third-order valence-corrected chi connectivity index (χ3v) is 3.78. The minimum absolute atomic E-state index is 0.0405. The van der Waals surface area contributed by atoms with E-state index in [-0.39, 0.29) is 11.9 Å². The van der Waals surface area contributed by atoms with Gasteiger partial charge in [0.15, 0.2) is 5.15 Å². The van der Waals surface area contributed by atoms with Crippen LogP contribution in [0.1, 0.15) is 26.0 Å². The molecule has 4 nitrogen and oxygen atoms in total. The van der Waals surface area contributed by atoms with Crippen LogP contribution in [0.5, 0.6) is 0 Å². The van der Waals surface area contributed by atoms with Crippen molar-refractivity contribution in [3.05, 3.63) is 41.3 Å². The maximum atomic E-state index is 12.1. The molecule has 20 heavy (non-hydrogen) atoms. The largest absolute Gasteiger partial charge is 0.340 e. The summed E-state index contributed by atoms with van der Waals surface area (Å²) >= 11 is 6.11. The van der Waals surface area contributed by atoms with Crippen LogP contribution in [0.4, 0.5) is 0 Å². The van der Waals surface area contributed by atoms with Crippen molar-refractivity contribution >= 4 is 29.2 Å². The van der Waals surface area contributed by atoms with E-state index in [1.807, 2.05) is 35.7 Å². The summed E-state index contributed by atoms with van der Waals surface area (Å²) in [7, 11) is 1.80. The summed E-state index contributed by atoms with van der Waals surface area (Å²) in [4.78, 5) is 18.0. The molecule has 1 amide bonds. The van der Waals surface area contributed by atoms with Crippen LogP contribution in [0, 0.1) is 0 Å². The van der Waals surface area contributed by atoms with Crippen LogP contribution in [-0.4, -0.2) is 33.3 Å². The quantitative estimate of drug-likeness (QED) is 0.811. The van der Waals surface area contributed by atoms with Crippen molar-refractivity contribution in [2.75, 3.05) is 7.05 Å². The van der Waals surface area contributed by atoms with Crippen LogP contribution in [0.15, 0.2) is 30.5 Å². The molecule has 0 bridgehead atoms. The first kappa shape index (κ1) is 14.6. The number of hydrogen-bond donors (Lipinski definition) is 0. The number of hydrogen-bond acceptors (Lipinski definition) is 2. The highest BCUT2D eigenvalue weighted by molar-refractivity contribution is 6.31. The van der Waals surface area contributed by atoms with E-state index in [1.54, 1.807) is 18.0 Å². The van der Waals surface area contributed by atoms with Crippen LogP contribution >= 0.6 is 11.6 Å². The molecule has 0 aliphatic carbocycles. The molecule has 0 N–H and O–H groups in total. The van der Waals surface area contributed by atoms with Gasteiger partial charge in [-0.05, 0) is 31.6 Å². The number of fused-ring (bicyclic) bond motifs is 1. The van der Waals surface area contributed by atoms with E-state index in [1.165, 1.54) is 6.08 Å². The summed E-state index contributed by atoms with van der Waals surface area (Å²) in [6.07, 6.45) is 6.04. The number of nitrogens with zero attached hydrogens (tertiary/aromatic N) is 3. The number of pyridine rings is 1. The Morgan fingerprint density at radius 2 is 2.30 bits per heavy atom. The Kier molecular flexibility index (Phi) is 4.45. The highest BCUT2D eigenvalue weighted by atomic mass is 35.5. The van der Waals surface area contributed by atoms with Crippen molar-refractivity contribution in [3.8, 4) is 0 Å². The van der Waals surface area contributed by atoms with Crippen molar-refractivity contribution in [3.63, 3.8) is 0 Å². The molecule has 1 atom stereocenters. The second-order valence-electron chi connectivity index (χ2n) is 4.76. The van der Waals surface area contributed by atoms with Crippen LogP contribution < -0.4 is 0 Å². The Hall–Kier alpha value is -1.81. The van der Waals surface area contributed by atoms with Gasteiger partial charge in [0.2, 0.25) is 5.91 Å². The first-order valence-corrected chi connectivity index (χ1v) is 6.99. The molecular weight excluding hydrogens is 274 g/mol. The van der Waals surface area contributed by atoms with Gasteiger partial charge in [-0.1, -0.05) is 24.6 Å². The molecule has 0 saturated carbocycles.